The van der Waals surface area contributed by atoms with Crippen LogP contribution in [0, 0.1) is 5.82 Å². The first kappa shape index (κ1) is 16.2. The van der Waals surface area contributed by atoms with Gasteiger partial charge in [0.1, 0.15) is 24.4 Å². The maximum absolute atomic E-state index is 13.1. The molecule has 0 unspecified atom stereocenters. The monoisotopic (exact) mass is 369 g/mol. The number of nitrogens with zero attached hydrogens (tertiary/aromatic N) is 3. The lowest BCUT2D eigenvalue weighted by molar-refractivity contribution is 0.0458. The van der Waals surface area contributed by atoms with Crippen LogP contribution in [-0.4, -0.2) is 20.5 Å². The average molecular weight is 369 g/mol. The molecule has 26 heavy (non-hydrogen) atoms. The molecule has 3 aromatic heterocycles. The van der Waals surface area contributed by atoms with Crippen molar-refractivity contribution < 1.29 is 18.3 Å². The number of imidazole rings is 1. The van der Waals surface area contributed by atoms with Gasteiger partial charge in [-0.1, -0.05) is 6.07 Å². The van der Waals surface area contributed by atoms with Gasteiger partial charge in [-0.15, -0.1) is 11.3 Å². The van der Waals surface area contributed by atoms with Gasteiger partial charge in [-0.2, -0.15) is 0 Å². The van der Waals surface area contributed by atoms with Gasteiger partial charge in [0.05, 0.1) is 17.4 Å². The molecule has 1 aromatic carbocycles. The quantitative estimate of drug-likeness (QED) is 0.496. The van der Waals surface area contributed by atoms with Crippen LogP contribution >= 0.6 is 11.3 Å². The normalized spacial score (nSPS) is 10.8. The highest BCUT2D eigenvalue weighted by atomic mass is 32.1. The second-order valence-electron chi connectivity index (χ2n) is 5.32. The van der Waals surface area contributed by atoms with Crippen LogP contribution in [0.1, 0.15) is 16.2 Å². The fourth-order valence-corrected chi connectivity index (χ4v) is 3.01. The van der Waals surface area contributed by atoms with Gasteiger partial charge in [0.15, 0.2) is 5.69 Å². The van der Waals surface area contributed by atoms with Gasteiger partial charge in [0.25, 0.3) is 0 Å². The molecule has 0 atom stereocenters. The molecule has 0 aliphatic rings. The molecule has 0 spiro atoms. The molecule has 0 aliphatic heterocycles. The smallest absolute Gasteiger partial charge is 0.357 e. The predicted molar refractivity (Wildman–Crippen MR) is 92.5 cm³/mol. The molecule has 4 aromatic rings. The summed E-state index contributed by atoms with van der Waals surface area (Å²) in [6, 6.07) is 9.53. The van der Waals surface area contributed by atoms with Crippen molar-refractivity contribution in [1.29, 1.82) is 0 Å². The van der Waals surface area contributed by atoms with Crippen molar-refractivity contribution in [2.45, 2.75) is 6.61 Å². The van der Waals surface area contributed by atoms with Crippen molar-refractivity contribution in [3.63, 3.8) is 0 Å². The molecule has 0 fully saturated rings. The zero-order valence-electron chi connectivity index (χ0n) is 13.3. The van der Waals surface area contributed by atoms with Crippen molar-refractivity contribution in [2.75, 3.05) is 0 Å². The van der Waals surface area contributed by atoms with Crippen LogP contribution in [0.25, 0.3) is 16.5 Å². The molecule has 0 bridgehead atoms. The van der Waals surface area contributed by atoms with Gasteiger partial charge < -0.3 is 9.15 Å². The van der Waals surface area contributed by atoms with Crippen molar-refractivity contribution in [1.82, 2.24) is 14.5 Å². The Bertz CT molecular complexity index is 1020. The van der Waals surface area contributed by atoms with Crippen LogP contribution in [0.3, 0.4) is 0 Å². The van der Waals surface area contributed by atoms with E-state index < -0.39 is 5.97 Å². The van der Waals surface area contributed by atoms with Gasteiger partial charge >= 0.3 is 5.97 Å². The van der Waals surface area contributed by atoms with Crippen molar-refractivity contribution in [2.24, 2.45) is 0 Å². The lowest BCUT2D eigenvalue weighted by Gasteiger charge is -2.07. The Morgan fingerprint density at radius 2 is 2.12 bits per heavy atom. The number of benzene rings is 1. The summed E-state index contributed by atoms with van der Waals surface area (Å²) in [5.74, 6) is -0.430. The van der Waals surface area contributed by atoms with Gasteiger partial charge in [0, 0.05) is 5.69 Å². The number of carbonyl (C=O) groups excluding carboxylic acids is 1. The maximum atomic E-state index is 13.1. The number of oxazole rings is 1. The lowest BCUT2D eigenvalue weighted by atomic mass is 10.3. The Morgan fingerprint density at radius 3 is 2.88 bits per heavy atom. The lowest BCUT2D eigenvalue weighted by Crippen LogP contribution is -2.11. The van der Waals surface area contributed by atoms with Crippen LogP contribution in [0.15, 0.2) is 65.0 Å². The molecule has 0 amide bonds. The average Bonchev–Trinajstić information content (AvgIpc) is 3.40. The number of halogens is 1. The minimum Gasteiger partial charge on any atom is -0.454 e. The second kappa shape index (κ2) is 6.93. The Morgan fingerprint density at radius 1 is 1.27 bits per heavy atom. The van der Waals surface area contributed by atoms with E-state index in [1.807, 2.05) is 17.5 Å². The first-order chi connectivity index (χ1) is 12.7. The molecule has 0 N–H and O–H groups in total. The third-order valence-electron chi connectivity index (χ3n) is 3.59. The summed E-state index contributed by atoms with van der Waals surface area (Å²) in [7, 11) is 0. The van der Waals surface area contributed by atoms with Crippen molar-refractivity contribution in [3.8, 4) is 16.5 Å². The molecule has 0 saturated heterocycles. The fourth-order valence-electron chi connectivity index (χ4n) is 2.35. The highest BCUT2D eigenvalue weighted by Gasteiger charge is 2.16. The SMILES string of the molecule is O=C(OCc1coc(-c2cccs2)n1)c1cncn1-c1ccc(F)cc1. The van der Waals surface area contributed by atoms with Crippen LogP contribution in [0.5, 0.6) is 0 Å². The molecular formula is C18H12FN3O3S. The van der Waals surface area contributed by atoms with Gasteiger partial charge in [-0.05, 0) is 35.7 Å². The van der Waals surface area contributed by atoms with E-state index in [0.717, 1.165) is 4.88 Å². The van der Waals surface area contributed by atoms with E-state index >= 15 is 0 Å². The molecule has 3 heterocycles. The Labute approximate surface area is 151 Å². The standard InChI is InChI=1S/C18H12FN3O3S/c19-12-3-5-14(6-4-12)22-11-20-8-15(22)18(23)25-10-13-9-24-17(21-13)16-2-1-7-26-16/h1-9,11H,10H2. The van der Waals surface area contributed by atoms with Gasteiger partial charge in [0.2, 0.25) is 5.89 Å². The van der Waals surface area contributed by atoms with E-state index in [-0.39, 0.29) is 18.1 Å². The van der Waals surface area contributed by atoms with E-state index in [2.05, 4.69) is 9.97 Å². The van der Waals surface area contributed by atoms with Crippen LogP contribution in [0.4, 0.5) is 4.39 Å². The third kappa shape index (κ3) is 3.27. The first-order valence-electron chi connectivity index (χ1n) is 7.64. The number of ether oxygens (including phenoxy) is 1. The highest BCUT2D eigenvalue weighted by Crippen LogP contribution is 2.24. The maximum Gasteiger partial charge on any atom is 0.357 e. The Balaban J connectivity index is 1.46. The second-order valence-corrected chi connectivity index (χ2v) is 6.27. The van der Waals surface area contributed by atoms with Crippen LogP contribution in [0.2, 0.25) is 0 Å². The number of rotatable bonds is 5. The number of esters is 1. The Hall–Kier alpha value is -3.26. The summed E-state index contributed by atoms with van der Waals surface area (Å²) in [6.07, 6.45) is 4.32. The molecule has 4 rings (SSSR count). The van der Waals surface area contributed by atoms with E-state index in [0.29, 0.717) is 17.3 Å². The molecule has 0 saturated carbocycles. The fraction of sp³-hybridized carbons (Fsp3) is 0.0556. The molecular weight excluding hydrogens is 357 g/mol. The van der Waals surface area contributed by atoms with E-state index in [4.69, 9.17) is 9.15 Å². The molecule has 8 heteroatoms. The number of carbonyl (C=O) groups is 1. The zero-order valence-corrected chi connectivity index (χ0v) is 14.1. The number of hydrogen-bond acceptors (Lipinski definition) is 6. The predicted octanol–water partition coefficient (Wildman–Crippen LogP) is 4.08. The highest BCUT2D eigenvalue weighted by molar-refractivity contribution is 7.13. The summed E-state index contributed by atoms with van der Waals surface area (Å²) in [6.45, 7) is -0.0255. The minimum atomic E-state index is -0.563. The van der Waals surface area contributed by atoms with E-state index in [1.54, 1.807) is 12.1 Å². The van der Waals surface area contributed by atoms with Gasteiger partial charge in [-0.3, -0.25) is 4.57 Å². The number of aromatic nitrogens is 3. The minimum absolute atomic E-state index is 0.0255. The van der Waals surface area contributed by atoms with Crippen LogP contribution in [-0.2, 0) is 11.3 Å². The van der Waals surface area contributed by atoms with E-state index in [1.165, 1.54) is 46.8 Å². The third-order valence-corrected chi connectivity index (χ3v) is 4.45. The van der Waals surface area contributed by atoms with E-state index in [9.17, 15) is 9.18 Å². The number of hydrogen-bond donors (Lipinski definition) is 0. The van der Waals surface area contributed by atoms with Crippen molar-refractivity contribution >= 4 is 17.3 Å². The summed E-state index contributed by atoms with van der Waals surface area (Å²) >= 11 is 1.51. The first-order valence-corrected chi connectivity index (χ1v) is 8.52. The summed E-state index contributed by atoms with van der Waals surface area (Å²) in [4.78, 5) is 21.5. The molecule has 0 radical (unpaired) electrons. The molecule has 6 nitrogen and oxygen atoms in total. The summed E-state index contributed by atoms with van der Waals surface area (Å²) in [5, 5.41) is 1.93. The topological polar surface area (TPSA) is 70.2 Å². The molecule has 0 aliphatic carbocycles. The number of thiophene rings is 1. The largest absolute Gasteiger partial charge is 0.454 e. The summed E-state index contributed by atoms with van der Waals surface area (Å²) < 4.78 is 25.3. The molecule has 130 valence electrons. The zero-order chi connectivity index (χ0) is 17.9. The summed E-state index contributed by atoms with van der Waals surface area (Å²) in [5.41, 5.74) is 1.35. The van der Waals surface area contributed by atoms with Crippen LogP contribution < -0.4 is 0 Å². The van der Waals surface area contributed by atoms with Gasteiger partial charge in [-0.25, -0.2) is 19.2 Å². The van der Waals surface area contributed by atoms with Crippen molar-refractivity contribution in [3.05, 3.63) is 77.8 Å². The Kier molecular flexibility index (Phi) is 4.32.